The largest absolute Gasteiger partial charge is 0.306 e. The summed E-state index contributed by atoms with van der Waals surface area (Å²) in [5.74, 6) is 0.383. The normalized spacial score (nSPS) is 21.0. The van der Waals surface area contributed by atoms with E-state index < -0.39 is 16.3 Å². The average Bonchev–Trinajstić information content (AvgIpc) is 3.54. The van der Waals surface area contributed by atoms with Crippen LogP contribution < -0.4 is 10.0 Å². The van der Waals surface area contributed by atoms with Gasteiger partial charge in [-0.3, -0.25) is 10.3 Å². The summed E-state index contributed by atoms with van der Waals surface area (Å²) < 4.78 is 29.7. The Morgan fingerprint density at radius 1 is 0.947 bits per heavy atom. The summed E-state index contributed by atoms with van der Waals surface area (Å²) in [4.78, 5) is 2.44. The summed E-state index contributed by atoms with van der Waals surface area (Å²) >= 11 is 12.2. The standard InChI is InChI=1S/C28H31Cl2N5O2S/c1-34-16-15-20(18-34)17-31-28(33-38(36,37)25-13-11-24(30)12-14-25)35-19-26(21-5-3-2-4-6-21)27(32-35)22-7-9-23(29)10-8-22/h2-14,20,26,28,31,33H,15-19H2,1H3. The van der Waals surface area contributed by atoms with Crippen LogP contribution in [0.4, 0.5) is 0 Å². The summed E-state index contributed by atoms with van der Waals surface area (Å²) in [6, 6.07) is 23.9. The van der Waals surface area contributed by atoms with Crippen molar-refractivity contribution in [2.24, 2.45) is 11.0 Å². The molecule has 200 valence electrons. The highest BCUT2D eigenvalue weighted by Crippen LogP contribution is 2.30. The van der Waals surface area contributed by atoms with E-state index >= 15 is 0 Å². The fourth-order valence-electron chi connectivity index (χ4n) is 5.02. The molecule has 3 unspecified atom stereocenters. The van der Waals surface area contributed by atoms with Crippen molar-refractivity contribution >= 4 is 38.9 Å². The van der Waals surface area contributed by atoms with Crippen molar-refractivity contribution in [3.05, 3.63) is 100 Å². The van der Waals surface area contributed by atoms with E-state index in [-0.39, 0.29) is 10.8 Å². The minimum Gasteiger partial charge on any atom is -0.306 e. The molecule has 0 aromatic heterocycles. The first-order chi connectivity index (χ1) is 18.3. The van der Waals surface area contributed by atoms with Crippen molar-refractivity contribution in [3.8, 4) is 0 Å². The number of likely N-dealkylation sites (tertiary alicyclic amines) is 1. The van der Waals surface area contributed by atoms with E-state index in [9.17, 15) is 8.42 Å². The lowest BCUT2D eigenvalue weighted by molar-refractivity contribution is 0.167. The molecular weight excluding hydrogens is 541 g/mol. The van der Waals surface area contributed by atoms with Crippen LogP contribution in [0.3, 0.4) is 0 Å². The van der Waals surface area contributed by atoms with E-state index in [0.717, 1.165) is 36.3 Å². The van der Waals surface area contributed by atoms with Crippen LogP contribution in [-0.4, -0.2) is 63.6 Å². The van der Waals surface area contributed by atoms with Gasteiger partial charge in [-0.1, -0.05) is 65.7 Å². The number of halogens is 2. The maximum Gasteiger partial charge on any atom is 0.243 e. The predicted molar refractivity (Wildman–Crippen MR) is 153 cm³/mol. The van der Waals surface area contributed by atoms with Crippen LogP contribution >= 0.6 is 23.2 Å². The summed E-state index contributed by atoms with van der Waals surface area (Å²) in [6.07, 6.45) is 0.323. The Morgan fingerprint density at radius 3 is 2.24 bits per heavy atom. The van der Waals surface area contributed by atoms with Gasteiger partial charge in [-0.2, -0.15) is 9.82 Å². The number of hydrogen-bond donors (Lipinski definition) is 2. The second-order valence-electron chi connectivity index (χ2n) is 9.88. The van der Waals surface area contributed by atoms with Gasteiger partial charge < -0.3 is 4.90 Å². The van der Waals surface area contributed by atoms with Crippen LogP contribution in [0.2, 0.25) is 10.0 Å². The Kier molecular flexibility index (Phi) is 8.38. The highest BCUT2D eigenvalue weighted by Gasteiger charge is 2.35. The molecule has 1 saturated heterocycles. The van der Waals surface area contributed by atoms with Crippen molar-refractivity contribution in [3.63, 3.8) is 0 Å². The summed E-state index contributed by atoms with van der Waals surface area (Å²) in [6.45, 7) is 3.17. The van der Waals surface area contributed by atoms with E-state index in [4.69, 9.17) is 28.3 Å². The second-order valence-corrected chi connectivity index (χ2v) is 12.5. The molecule has 1 fully saturated rings. The summed E-state index contributed by atoms with van der Waals surface area (Å²) in [5.41, 5.74) is 2.92. The number of hydrazone groups is 1. The number of hydrogen-bond acceptors (Lipinski definition) is 6. The molecule has 2 aliphatic heterocycles. The molecule has 2 aliphatic rings. The van der Waals surface area contributed by atoms with Crippen molar-refractivity contribution in [2.45, 2.75) is 23.5 Å². The highest BCUT2D eigenvalue weighted by molar-refractivity contribution is 7.89. The number of benzene rings is 3. The lowest BCUT2D eigenvalue weighted by atomic mass is 9.91. The maximum atomic E-state index is 13.4. The van der Waals surface area contributed by atoms with Crippen molar-refractivity contribution in [2.75, 3.05) is 33.2 Å². The Labute approximate surface area is 234 Å². The molecule has 5 rings (SSSR count). The van der Waals surface area contributed by atoms with Crippen LogP contribution in [-0.2, 0) is 10.0 Å². The zero-order valence-electron chi connectivity index (χ0n) is 21.1. The Balaban J connectivity index is 1.46. The lowest BCUT2D eigenvalue weighted by Gasteiger charge is -2.29. The van der Waals surface area contributed by atoms with E-state index in [1.54, 1.807) is 12.1 Å². The molecule has 0 bridgehead atoms. The average molecular weight is 573 g/mol. The van der Waals surface area contributed by atoms with E-state index in [2.05, 4.69) is 34.1 Å². The van der Waals surface area contributed by atoms with Gasteiger partial charge in [0.05, 0.1) is 17.2 Å². The van der Waals surface area contributed by atoms with Gasteiger partial charge in [-0.15, -0.1) is 0 Å². The predicted octanol–water partition coefficient (Wildman–Crippen LogP) is 4.60. The number of nitrogens with one attached hydrogen (secondary N) is 2. The van der Waals surface area contributed by atoms with Gasteiger partial charge >= 0.3 is 0 Å². The minimum atomic E-state index is -3.85. The molecule has 0 amide bonds. The molecule has 10 heteroatoms. The van der Waals surface area contributed by atoms with Crippen LogP contribution in [0.5, 0.6) is 0 Å². The van der Waals surface area contributed by atoms with Gasteiger partial charge in [-0.05, 0) is 73.5 Å². The van der Waals surface area contributed by atoms with Crippen LogP contribution in [0.1, 0.15) is 23.5 Å². The minimum absolute atomic E-state index is 0.0423. The topological polar surface area (TPSA) is 77.0 Å². The number of rotatable bonds is 9. The van der Waals surface area contributed by atoms with Crippen LogP contribution in [0, 0.1) is 5.92 Å². The first-order valence-corrected chi connectivity index (χ1v) is 14.9. The molecule has 3 aromatic rings. The van der Waals surface area contributed by atoms with Gasteiger partial charge in [0.15, 0.2) is 6.29 Å². The molecule has 3 aromatic carbocycles. The zero-order chi connectivity index (χ0) is 26.7. The fourth-order valence-corrected chi connectivity index (χ4v) is 6.40. The van der Waals surface area contributed by atoms with Gasteiger partial charge in [0, 0.05) is 29.1 Å². The monoisotopic (exact) mass is 571 g/mol. The van der Waals surface area contributed by atoms with Crippen LogP contribution in [0.25, 0.3) is 0 Å². The summed E-state index contributed by atoms with van der Waals surface area (Å²) in [5, 5.41) is 11.4. The molecule has 2 N–H and O–H groups in total. The Hall–Kier alpha value is -2.46. The number of sulfonamides is 1. The van der Waals surface area contributed by atoms with Crippen molar-refractivity contribution < 1.29 is 8.42 Å². The quantitative estimate of drug-likeness (QED) is 0.367. The molecule has 38 heavy (non-hydrogen) atoms. The summed E-state index contributed by atoms with van der Waals surface area (Å²) in [7, 11) is -1.74. The zero-order valence-corrected chi connectivity index (χ0v) is 23.4. The third-order valence-electron chi connectivity index (χ3n) is 7.06. The molecule has 2 heterocycles. The Morgan fingerprint density at radius 2 is 1.61 bits per heavy atom. The van der Waals surface area contributed by atoms with Crippen molar-refractivity contribution in [1.29, 1.82) is 0 Å². The SMILES string of the molecule is CN1CCC(CNC(NS(=O)(=O)c2ccc(Cl)cc2)N2CC(c3ccccc3)C(c3ccc(Cl)cc3)=N2)C1. The molecule has 0 aliphatic carbocycles. The van der Waals surface area contributed by atoms with E-state index in [0.29, 0.717) is 29.1 Å². The Bertz CT molecular complexity index is 1370. The first kappa shape index (κ1) is 27.1. The van der Waals surface area contributed by atoms with Gasteiger partial charge in [-0.25, -0.2) is 8.42 Å². The third kappa shape index (κ3) is 6.39. The smallest absolute Gasteiger partial charge is 0.243 e. The highest BCUT2D eigenvalue weighted by atomic mass is 35.5. The molecule has 0 spiro atoms. The third-order valence-corrected chi connectivity index (χ3v) is 8.99. The van der Waals surface area contributed by atoms with Gasteiger partial charge in [0.1, 0.15) is 0 Å². The van der Waals surface area contributed by atoms with E-state index in [1.807, 2.05) is 47.5 Å². The molecule has 0 saturated carbocycles. The first-order valence-electron chi connectivity index (χ1n) is 12.6. The molecule has 3 atom stereocenters. The van der Waals surface area contributed by atoms with Gasteiger partial charge in [0.2, 0.25) is 10.0 Å². The lowest BCUT2D eigenvalue weighted by Crippen LogP contribution is -2.55. The van der Waals surface area contributed by atoms with Gasteiger partial charge in [0.25, 0.3) is 0 Å². The molecule has 7 nitrogen and oxygen atoms in total. The number of nitrogens with zero attached hydrogens (tertiary/aromatic N) is 3. The fraction of sp³-hybridized carbons (Fsp3) is 0.321. The van der Waals surface area contributed by atoms with Crippen LogP contribution in [0.15, 0.2) is 88.9 Å². The van der Waals surface area contributed by atoms with Crippen molar-refractivity contribution in [1.82, 2.24) is 19.9 Å². The van der Waals surface area contributed by atoms with E-state index in [1.165, 1.54) is 12.1 Å². The molecular formula is C28H31Cl2N5O2S. The maximum absolute atomic E-state index is 13.4. The molecule has 0 radical (unpaired) electrons. The second kappa shape index (κ2) is 11.7.